The lowest BCUT2D eigenvalue weighted by Gasteiger charge is -2.15. The van der Waals surface area contributed by atoms with E-state index in [-0.39, 0.29) is 5.69 Å². The number of para-hydroxylation sites is 1. The van der Waals surface area contributed by atoms with E-state index in [2.05, 4.69) is 15.2 Å². The highest BCUT2D eigenvalue weighted by Gasteiger charge is 2.40. The second kappa shape index (κ2) is 7.56. The summed E-state index contributed by atoms with van der Waals surface area (Å²) in [4.78, 5) is 23.0. The number of rotatable bonds is 6. The maximum atomic E-state index is 13.6. The van der Waals surface area contributed by atoms with E-state index in [4.69, 9.17) is 5.11 Å². The Morgan fingerprint density at radius 3 is 2.54 bits per heavy atom. The molecule has 2 rings (SSSR count). The summed E-state index contributed by atoms with van der Waals surface area (Å²) in [5.41, 5.74) is -1.23. The van der Waals surface area contributed by atoms with Gasteiger partial charge in [0.25, 0.3) is 5.91 Å². The van der Waals surface area contributed by atoms with E-state index in [0.29, 0.717) is 10.2 Å². The van der Waals surface area contributed by atoms with Gasteiger partial charge in [0.15, 0.2) is 11.8 Å². The van der Waals surface area contributed by atoms with Crippen LogP contribution in [-0.2, 0) is 15.7 Å². The Morgan fingerprint density at radius 1 is 1.35 bits per heavy atom. The van der Waals surface area contributed by atoms with Crippen molar-refractivity contribution in [2.24, 2.45) is 0 Å². The summed E-state index contributed by atoms with van der Waals surface area (Å²) < 4.78 is 45.9. The zero-order chi connectivity index (χ0) is 19.5. The summed E-state index contributed by atoms with van der Waals surface area (Å²) in [6.07, 6.45) is -5.42. The number of hydrogen-bond acceptors (Lipinski definition) is 4. The van der Waals surface area contributed by atoms with Crippen molar-refractivity contribution in [1.82, 2.24) is 15.1 Å². The van der Waals surface area contributed by atoms with Crippen molar-refractivity contribution in [3.8, 4) is 5.69 Å². The number of aromatic nitrogens is 2. The third kappa shape index (κ3) is 4.02. The van der Waals surface area contributed by atoms with Gasteiger partial charge in [0.05, 0.1) is 24.0 Å². The molecule has 2 aromatic rings. The summed E-state index contributed by atoms with van der Waals surface area (Å²) in [5.74, 6) is -2.44. The molecule has 0 aliphatic rings. The lowest BCUT2D eigenvalue weighted by Crippen LogP contribution is -2.38. The van der Waals surface area contributed by atoms with Gasteiger partial charge in [-0.05, 0) is 18.6 Å². The summed E-state index contributed by atoms with van der Waals surface area (Å²) in [5, 5.41) is 14.7. The predicted molar refractivity (Wildman–Crippen MR) is 84.1 cm³/mol. The first kappa shape index (κ1) is 19.4. The van der Waals surface area contributed by atoms with Crippen molar-refractivity contribution in [2.45, 2.75) is 19.2 Å². The molecule has 0 saturated heterocycles. The standard InChI is InChI=1S/C16H16F3N3O4/c1-9-5-3-4-6-11(9)22-13(16(17,18)19)10(7-21-22)14(23)20-8-12(26-2)15(24)25/h3-7,12H,8H2,1-2H3,(H,20,23)(H,24,25). The van der Waals surface area contributed by atoms with Crippen LogP contribution in [-0.4, -0.2) is 46.5 Å². The first-order valence-corrected chi connectivity index (χ1v) is 7.41. The van der Waals surface area contributed by atoms with Crippen molar-refractivity contribution >= 4 is 11.9 Å². The number of amides is 1. The maximum absolute atomic E-state index is 13.6. The number of ether oxygens (including phenoxy) is 1. The monoisotopic (exact) mass is 371 g/mol. The van der Waals surface area contributed by atoms with Crippen molar-refractivity contribution in [1.29, 1.82) is 0 Å². The highest BCUT2D eigenvalue weighted by Crippen LogP contribution is 2.34. The minimum Gasteiger partial charge on any atom is -0.479 e. The predicted octanol–water partition coefficient (Wildman–Crippen LogP) is 2.03. The Hall–Kier alpha value is -2.88. The first-order chi connectivity index (χ1) is 12.2. The number of carbonyl (C=O) groups excluding carboxylic acids is 1. The highest BCUT2D eigenvalue weighted by atomic mass is 19.4. The van der Waals surface area contributed by atoms with Gasteiger partial charge >= 0.3 is 12.1 Å². The van der Waals surface area contributed by atoms with E-state index < -0.39 is 42.0 Å². The van der Waals surface area contributed by atoms with Gasteiger partial charge in [-0.1, -0.05) is 18.2 Å². The van der Waals surface area contributed by atoms with Crippen LogP contribution in [0.3, 0.4) is 0 Å². The second-order valence-corrected chi connectivity index (χ2v) is 5.38. The first-order valence-electron chi connectivity index (χ1n) is 7.41. The average molecular weight is 371 g/mol. The number of aryl methyl sites for hydroxylation is 1. The molecule has 1 amide bonds. The largest absolute Gasteiger partial charge is 0.479 e. The van der Waals surface area contributed by atoms with Crippen LogP contribution in [0.25, 0.3) is 5.69 Å². The maximum Gasteiger partial charge on any atom is 0.434 e. The molecule has 0 spiro atoms. The van der Waals surface area contributed by atoms with Crippen LogP contribution in [0.5, 0.6) is 0 Å². The van der Waals surface area contributed by atoms with Gasteiger partial charge in [-0.2, -0.15) is 18.3 Å². The molecule has 0 aliphatic heterocycles. The molecule has 1 aromatic carbocycles. The molecular formula is C16H16F3N3O4. The molecule has 0 fully saturated rings. The molecule has 0 bridgehead atoms. The molecule has 0 aliphatic carbocycles. The number of nitrogens with zero attached hydrogens (tertiary/aromatic N) is 2. The fourth-order valence-corrected chi connectivity index (χ4v) is 2.32. The molecule has 1 atom stereocenters. The minimum atomic E-state index is -4.85. The van der Waals surface area contributed by atoms with Gasteiger partial charge in [0, 0.05) is 7.11 Å². The third-order valence-corrected chi connectivity index (χ3v) is 3.63. The number of aliphatic carboxylic acids is 1. The van der Waals surface area contributed by atoms with E-state index in [9.17, 15) is 22.8 Å². The summed E-state index contributed by atoms with van der Waals surface area (Å²) in [7, 11) is 1.11. The molecule has 1 heterocycles. The van der Waals surface area contributed by atoms with E-state index in [1.165, 1.54) is 6.07 Å². The quantitative estimate of drug-likeness (QED) is 0.811. The number of methoxy groups -OCH3 is 1. The van der Waals surface area contributed by atoms with Crippen molar-refractivity contribution < 1.29 is 32.6 Å². The molecule has 0 saturated carbocycles. The number of halogens is 3. The smallest absolute Gasteiger partial charge is 0.434 e. The molecule has 1 unspecified atom stereocenters. The van der Waals surface area contributed by atoms with Gasteiger partial charge in [-0.15, -0.1) is 0 Å². The molecule has 140 valence electrons. The second-order valence-electron chi connectivity index (χ2n) is 5.38. The average Bonchev–Trinajstić information content (AvgIpc) is 3.00. The van der Waals surface area contributed by atoms with Gasteiger partial charge in [-0.25, -0.2) is 9.48 Å². The molecule has 0 radical (unpaired) electrons. The third-order valence-electron chi connectivity index (χ3n) is 3.63. The number of carbonyl (C=O) groups is 2. The number of hydrogen-bond donors (Lipinski definition) is 2. The minimum absolute atomic E-state index is 0.180. The summed E-state index contributed by atoms with van der Waals surface area (Å²) in [6.45, 7) is 1.13. The number of carboxylic acid groups (broad SMARTS) is 1. The fraction of sp³-hybridized carbons (Fsp3) is 0.312. The molecule has 26 heavy (non-hydrogen) atoms. The lowest BCUT2D eigenvalue weighted by molar-refractivity contribution is -0.148. The van der Waals surface area contributed by atoms with E-state index in [1.54, 1.807) is 25.1 Å². The highest BCUT2D eigenvalue weighted by molar-refractivity contribution is 5.95. The Bertz CT molecular complexity index is 817. The van der Waals surface area contributed by atoms with Crippen molar-refractivity contribution in [3.05, 3.63) is 47.3 Å². The van der Waals surface area contributed by atoms with Crippen LogP contribution < -0.4 is 5.32 Å². The lowest BCUT2D eigenvalue weighted by atomic mass is 10.1. The molecular weight excluding hydrogens is 355 g/mol. The van der Waals surface area contributed by atoms with E-state index >= 15 is 0 Å². The van der Waals surface area contributed by atoms with Gasteiger partial charge in [-0.3, -0.25) is 4.79 Å². The van der Waals surface area contributed by atoms with Crippen LogP contribution >= 0.6 is 0 Å². The zero-order valence-corrected chi connectivity index (χ0v) is 13.9. The fourth-order valence-electron chi connectivity index (χ4n) is 2.32. The number of alkyl halides is 3. The Kier molecular flexibility index (Phi) is 5.66. The molecule has 2 N–H and O–H groups in total. The Labute approximate surface area is 146 Å². The Balaban J connectivity index is 2.40. The summed E-state index contributed by atoms with van der Waals surface area (Å²) >= 11 is 0. The van der Waals surface area contributed by atoms with Crippen LogP contribution in [0, 0.1) is 6.92 Å². The topological polar surface area (TPSA) is 93.5 Å². The Morgan fingerprint density at radius 2 is 2.00 bits per heavy atom. The van der Waals surface area contributed by atoms with Gasteiger partial charge < -0.3 is 15.2 Å². The van der Waals surface area contributed by atoms with Crippen LogP contribution in [0.4, 0.5) is 13.2 Å². The summed E-state index contributed by atoms with van der Waals surface area (Å²) in [6, 6.07) is 6.29. The van der Waals surface area contributed by atoms with Gasteiger partial charge in [0.1, 0.15) is 0 Å². The zero-order valence-electron chi connectivity index (χ0n) is 13.9. The number of carboxylic acids is 1. The van der Waals surface area contributed by atoms with Crippen LogP contribution in [0.2, 0.25) is 0 Å². The SMILES string of the molecule is COC(CNC(=O)c1cnn(-c2ccccc2C)c1C(F)(F)F)C(=O)O. The van der Waals surface area contributed by atoms with Crippen LogP contribution in [0.15, 0.2) is 30.5 Å². The van der Waals surface area contributed by atoms with E-state index in [1.807, 2.05) is 0 Å². The van der Waals surface area contributed by atoms with Crippen LogP contribution in [0.1, 0.15) is 21.6 Å². The van der Waals surface area contributed by atoms with Gasteiger partial charge in [0.2, 0.25) is 0 Å². The molecule has 1 aromatic heterocycles. The van der Waals surface area contributed by atoms with Crippen molar-refractivity contribution in [3.63, 3.8) is 0 Å². The normalized spacial score (nSPS) is 12.7. The van der Waals surface area contributed by atoms with Crippen molar-refractivity contribution in [2.75, 3.05) is 13.7 Å². The number of nitrogens with one attached hydrogen (secondary N) is 1. The van der Waals surface area contributed by atoms with E-state index in [0.717, 1.165) is 13.3 Å². The number of benzene rings is 1. The molecule has 7 nitrogen and oxygen atoms in total. The molecule has 10 heteroatoms.